The Labute approximate surface area is 200 Å². The van der Waals surface area contributed by atoms with Gasteiger partial charge in [0.2, 0.25) is 5.79 Å². The maximum absolute atomic E-state index is 12.0. The largest absolute Gasteiger partial charge is 0.405 e. The van der Waals surface area contributed by atoms with Crippen LogP contribution in [0.2, 0.25) is 0 Å². The average Bonchev–Trinajstić information content (AvgIpc) is 2.96. The molecular weight excluding hydrogens is 436 g/mol. The number of fused-ring (bicyclic) bond motifs is 1. The molecule has 3 saturated carbocycles. The molecule has 3 aliphatic carbocycles. The van der Waals surface area contributed by atoms with Crippen LogP contribution in [0.1, 0.15) is 91.9 Å². The van der Waals surface area contributed by atoms with E-state index in [0.29, 0.717) is 24.7 Å². The van der Waals surface area contributed by atoms with Gasteiger partial charge in [0, 0.05) is 12.3 Å². The van der Waals surface area contributed by atoms with E-state index >= 15 is 0 Å². The van der Waals surface area contributed by atoms with Gasteiger partial charge in [-0.25, -0.2) is 8.37 Å². The van der Waals surface area contributed by atoms with E-state index in [1.807, 2.05) is 0 Å². The van der Waals surface area contributed by atoms with Crippen molar-refractivity contribution in [1.29, 1.82) is 0 Å². The number of hydrogen-bond donors (Lipinski definition) is 1. The Bertz CT molecular complexity index is 918. The summed E-state index contributed by atoms with van der Waals surface area (Å²) in [5.74, 6) is 0.253. The van der Waals surface area contributed by atoms with Crippen LogP contribution in [0.4, 0.5) is 0 Å². The lowest BCUT2D eigenvalue weighted by molar-refractivity contribution is -0.231. The molecule has 1 spiro atoms. The van der Waals surface area contributed by atoms with Gasteiger partial charge in [-0.15, -0.1) is 0 Å². The molecule has 0 unspecified atom stereocenters. The van der Waals surface area contributed by atoms with E-state index in [1.54, 1.807) is 0 Å². The van der Waals surface area contributed by atoms with Crippen LogP contribution in [0.15, 0.2) is 35.5 Å². The monoisotopic (exact) mass is 478 g/mol. The van der Waals surface area contributed by atoms with Crippen LogP contribution >= 0.6 is 0 Å². The first-order chi connectivity index (χ1) is 15.5. The molecular formula is C27H42O5S. The third kappa shape index (κ3) is 4.91. The van der Waals surface area contributed by atoms with Crippen molar-refractivity contribution < 1.29 is 21.9 Å². The van der Waals surface area contributed by atoms with Crippen LogP contribution in [-0.4, -0.2) is 25.4 Å². The van der Waals surface area contributed by atoms with Crippen molar-refractivity contribution in [3.05, 3.63) is 35.5 Å². The first-order valence-electron chi connectivity index (χ1n) is 12.9. The fourth-order valence-corrected chi connectivity index (χ4v) is 8.36. The Morgan fingerprint density at radius 1 is 1.18 bits per heavy atom. The molecule has 0 amide bonds. The fourth-order valence-electron chi connectivity index (χ4n) is 7.31. The molecule has 186 valence electrons. The summed E-state index contributed by atoms with van der Waals surface area (Å²) >= 11 is 0. The molecule has 5 atom stereocenters. The van der Waals surface area contributed by atoms with Crippen LogP contribution < -0.4 is 0 Å². The van der Waals surface area contributed by atoms with Crippen molar-refractivity contribution >= 4 is 10.4 Å². The second kappa shape index (κ2) is 9.25. The minimum atomic E-state index is -3.87. The molecule has 33 heavy (non-hydrogen) atoms. The maximum Gasteiger partial charge on any atom is 0.405 e. The highest BCUT2D eigenvalue weighted by atomic mass is 32.3. The topological polar surface area (TPSA) is 72.8 Å². The molecule has 1 heterocycles. The zero-order valence-corrected chi connectivity index (χ0v) is 21.6. The third-order valence-electron chi connectivity index (χ3n) is 8.78. The molecule has 1 N–H and O–H groups in total. The molecule has 4 fully saturated rings. The summed E-state index contributed by atoms with van der Waals surface area (Å²) in [6, 6.07) is 0. The standard InChI is InChI=1S/C27H42O5S/c1-18(2)8-6-9-20(4)25-26(5)15-7-10-21(12-13-22-16-23(28)14-11-19(22)3)24(26)17-27(25)31-33(29,30)32-27/h12-13,18,20,23-25,28H,3,6-11,14-17H2,1-2,4-5H3/b21-12+,22-13+/t20-,23+,24+,25-,26-/m1/s1. The number of allylic oxidation sites excluding steroid dienone is 4. The minimum absolute atomic E-state index is 0.0495. The molecule has 0 radical (unpaired) electrons. The van der Waals surface area contributed by atoms with E-state index in [-0.39, 0.29) is 23.4 Å². The zero-order chi connectivity index (χ0) is 24.0. The van der Waals surface area contributed by atoms with Crippen molar-refractivity contribution in [1.82, 2.24) is 0 Å². The Morgan fingerprint density at radius 3 is 2.58 bits per heavy atom. The zero-order valence-electron chi connectivity index (χ0n) is 20.8. The molecule has 0 aromatic heterocycles. The molecule has 6 heteroatoms. The van der Waals surface area contributed by atoms with Gasteiger partial charge in [-0.2, -0.15) is 8.42 Å². The van der Waals surface area contributed by atoms with Crippen LogP contribution in [0.25, 0.3) is 0 Å². The van der Waals surface area contributed by atoms with Gasteiger partial charge in [0.25, 0.3) is 0 Å². The molecule has 5 nitrogen and oxygen atoms in total. The van der Waals surface area contributed by atoms with Crippen LogP contribution in [0.5, 0.6) is 0 Å². The highest BCUT2D eigenvalue weighted by Crippen LogP contribution is 2.67. The second-order valence-electron chi connectivity index (χ2n) is 11.7. The lowest BCUT2D eigenvalue weighted by Gasteiger charge is -2.48. The van der Waals surface area contributed by atoms with Gasteiger partial charge in [0.1, 0.15) is 0 Å². The summed E-state index contributed by atoms with van der Waals surface area (Å²) in [7, 11) is -3.87. The molecule has 0 bridgehead atoms. The smallest absolute Gasteiger partial charge is 0.393 e. The van der Waals surface area contributed by atoms with Crippen LogP contribution in [-0.2, 0) is 18.8 Å². The van der Waals surface area contributed by atoms with E-state index in [2.05, 4.69) is 46.4 Å². The van der Waals surface area contributed by atoms with Gasteiger partial charge < -0.3 is 5.11 Å². The Morgan fingerprint density at radius 2 is 1.91 bits per heavy atom. The molecule has 1 aliphatic heterocycles. The predicted octanol–water partition coefficient (Wildman–Crippen LogP) is 6.22. The second-order valence-corrected chi connectivity index (χ2v) is 12.9. The summed E-state index contributed by atoms with van der Waals surface area (Å²) in [6.45, 7) is 13.3. The van der Waals surface area contributed by atoms with Crippen molar-refractivity contribution in [2.24, 2.45) is 29.1 Å². The van der Waals surface area contributed by atoms with Crippen molar-refractivity contribution in [2.45, 2.75) is 104 Å². The number of aliphatic hydroxyl groups is 1. The summed E-state index contributed by atoms with van der Waals surface area (Å²) < 4.78 is 35.3. The third-order valence-corrected chi connectivity index (χ3v) is 9.75. The van der Waals surface area contributed by atoms with Gasteiger partial charge in [0.15, 0.2) is 0 Å². The van der Waals surface area contributed by atoms with Crippen LogP contribution in [0, 0.1) is 29.1 Å². The van der Waals surface area contributed by atoms with E-state index in [1.165, 1.54) is 12.0 Å². The van der Waals surface area contributed by atoms with E-state index < -0.39 is 16.2 Å². The summed E-state index contributed by atoms with van der Waals surface area (Å²) in [5, 5.41) is 10.1. The fraction of sp³-hybridized carbons (Fsp3) is 0.778. The van der Waals surface area contributed by atoms with Gasteiger partial charge in [0.05, 0.1) is 6.10 Å². The van der Waals surface area contributed by atoms with E-state index in [9.17, 15) is 13.5 Å². The normalized spacial score (nSPS) is 38.6. The summed E-state index contributed by atoms with van der Waals surface area (Å²) in [6.07, 6.45) is 13.5. The highest BCUT2D eigenvalue weighted by Gasteiger charge is 2.71. The van der Waals surface area contributed by atoms with E-state index in [0.717, 1.165) is 56.1 Å². The highest BCUT2D eigenvalue weighted by molar-refractivity contribution is 7.82. The SMILES string of the molecule is C=C1CC[C@H](O)C/C1=C\C=C1/CCC[C@]2(C)[C@H]1CC1(OS(=O)(=O)O1)[C@@H]2[C@H](C)CCCC(C)C. The van der Waals surface area contributed by atoms with Gasteiger partial charge in [-0.3, -0.25) is 0 Å². The Hall–Kier alpha value is -0.950. The Balaban J connectivity index is 1.62. The quantitative estimate of drug-likeness (QED) is 0.491. The first kappa shape index (κ1) is 25.2. The number of rotatable bonds is 6. The van der Waals surface area contributed by atoms with Crippen molar-refractivity contribution in [3.8, 4) is 0 Å². The van der Waals surface area contributed by atoms with Crippen LogP contribution in [0.3, 0.4) is 0 Å². The average molecular weight is 479 g/mol. The molecule has 4 rings (SSSR count). The minimum Gasteiger partial charge on any atom is -0.393 e. The van der Waals surface area contributed by atoms with Gasteiger partial charge >= 0.3 is 10.4 Å². The molecule has 0 aromatic carbocycles. The van der Waals surface area contributed by atoms with Crippen molar-refractivity contribution in [2.75, 3.05) is 0 Å². The Kier molecular flexibility index (Phi) is 7.05. The van der Waals surface area contributed by atoms with E-state index in [4.69, 9.17) is 8.37 Å². The number of aliphatic hydroxyl groups excluding tert-OH is 1. The van der Waals surface area contributed by atoms with Gasteiger partial charge in [-0.1, -0.05) is 76.8 Å². The maximum atomic E-state index is 12.0. The van der Waals surface area contributed by atoms with Crippen molar-refractivity contribution in [3.63, 3.8) is 0 Å². The lowest BCUT2D eigenvalue weighted by Crippen LogP contribution is -2.56. The number of hydrogen-bond acceptors (Lipinski definition) is 5. The molecule has 0 aromatic rings. The first-order valence-corrected chi connectivity index (χ1v) is 14.2. The molecule has 4 aliphatic rings. The molecule has 1 saturated heterocycles. The predicted molar refractivity (Wildman–Crippen MR) is 130 cm³/mol. The summed E-state index contributed by atoms with van der Waals surface area (Å²) in [5.41, 5.74) is 3.56. The lowest BCUT2D eigenvalue weighted by atomic mass is 9.60. The summed E-state index contributed by atoms with van der Waals surface area (Å²) in [4.78, 5) is 0. The van der Waals surface area contributed by atoms with Gasteiger partial charge in [-0.05, 0) is 67.3 Å².